The van der Waals surface area contributed by atoms with Gasteiger partial charge in [0.1, 0.15) is 0 Å². The van der Waals surface area contributed by atoms with Gasteiger partial charge in [-0.3, -0.25) is 4.57 Å². The Labute approximate surface area is 108 Å². The summed E-state index contributed by atoms with van der Waals surface area (Å²) in [4.78, 5) is 0. The molecule has 0 radical (unpaired) electrons. The lowest BCUT2D eigenvalue weighted by Crippen LogP contribution is -2.13. The van der Waals surface area contributed by atoms with Crippen molar-refractivity contribution in [3.05, 3.63) is 35.9 Å². The molecule has 18 heavy (non-hydrogen) atoms. The first-order chi connectivity index (χ1) is 8.62. The van der Waals surface area contributed by atoms with Gasteiger partial charge in [-0.2, -0.15) is 0 Å². The normalized spacial score (nSPS) is 13.5. The van der Waals surface area contributed by atoms with E-state index in [2.05, 4.69) is 0 Å². The first kappa shape index (κ1) is 15.4. The first-order valence-corrected chi connectivity index (χ1v) is 7.84. The minimum Gasteiger partial charge on any atom is -0.380 e. The second kappa shape index (κ2) is 7.70. The maximum Gasteiger partial charge on any atom is 0.358 e. The summed E-state index contributed by atoms with van der Waals surface area (Å²) in [5.74, 6) is -1.07. The third-order valence-electron chi connectivity index (χ3n) is 2.52. The maximum atomic E-state index is 12.2. The third kappa shape index (κ3) is 4.54. The molecule has 1 aromatic rings. The molecule has 0 aliphatic heterocycles. The van der Waals surface area contributed by atoms with Gasteiger partial charge in [0.25, 0.3) is 0 Å². The van der Waals surface area contributed by atoms with Gasteiger partial charge in [0.2, 0.25) is 0 Å². The van der Waals surface area contributed by atoms with E-state index in [0.717, 1.165) is 5.56 Å². The summed E-state index contributed by atoms with van der Waals surface area (Å²) < 4.78 is 22.4. The Kier molecular flexibility index (Phi) is 6.58. The van der Waals surface area contributed by atoms with Crippen LogP contribution in [-0.2, 0) is 20.0 Å². The molecule has 0 aromatic heterocycles. The highest BCUT2D eigenvalue weighted by Gasteiger charge is 2.33. The Hall–Kier alpha value is -0.670. The second-order valence-electron chi connectivity index (χ2n) is 3.88. The zero-order valence-corrected chi connectivity index (χ0v) is 11.8. The lowest BCUT2D eigenvalue weighted by Gasteiger charge is -2.22. The number of hydrogen-bond acceptors (Lipinski definition) is 4. The minimum atomic E-state index is -3.39. The highest BCUT2D eigenvalue weighted by atomic mass is 31.2. The molecule has 0 aliphatic rings. The standard InChI is InChI=1S/C13H21O4P/c1-3-16-18(15,17-4-2)13(14)11-10-12-8-6-5-7-9-12/h5-9,13-14H,3-4,10-11H2,1-2H3/t13-/m0/s1. The fourth-order valence-electron chi connectivity index (χ4n) is 1.67. The molecule has 0 aliphatic carbocycles. The fourth-order valence-corrected chi connectivity index (χ4v) is 3.25. The monoisotopic (exact) mass is 272 g/mol. The van der Waals surface area contributed by atoms with E-state index in [1.165, 1.54) is 0 Å². The molecule has 102 valence electrons. The summed E-state index contributed by atoms with van der Waals surface area (Å²) in [6.07, 6.45) is 1.01. The van der Waals surface area contributed by atoms with Crippen molar-refractivity contribution in [2.45, 2.75) is 32.5 Å². The van der Waals surface area contributed by atoms with E-state index in [-0.39, 0.29) is 13.2 Å². The smallest absolute Gasteiger partial charge is 0.358 e. The number of aliphatic hydroxyl groups is 1. The van der Waals surface area contributed by atoms with Crippen molar-refractivity contribution in [3.8, 4) is 0 Å². The van der Waals surface area contributed by atoms with Crippen LogP contribution in [-0.4, -0.2) is 24.2 Å². The zero-order chi connectivity index (χ0) is 13.4. The number of aryl methyl sites for hydroxylation is 1. The predicted molar refractivity (Wildman–Crippen MR) is 71.6 cm³/mol. The molecule has 5 heteroatoms. The molecule has 0 fully saturated rings. The van der Waals surface area contributed by atoms with E-state index in [0.29, 0.717) is 12.8 Å². The van der Waals surface area contributed by atoms with Crippen LogP contribution in [0.1, 0.15) is 25.8 Å². The van der Waals surface area contributed by atoms with Crippen LogP contribution in [0, 0.1) is 0 Å². The number of aliphatic hydroxyl groups excluding tert-OH is 1. The summed E-state index contributed by atoms with van der Waals surface area (Å²) in [6, 6.07) is 9.75. The van der Waals surface area contributed by atoms with Gasteiger partial charge in [0.05, 0.1) is 13.2 Å². The minimum absolute atomic E-state index is 0.264. The Bertz CT molecular complexity index is 370. The van der Waals surface area contributed by atoms with Gasteiger partial charge >= 0.3 is 7.60 Å². The highest BCUT2D eigenvalue weighted by Crippen LogP contribution is 2.53. The van der Waals surface area contributed by atoms with Crippen LogP contribution in [0.2, 0.25) is 0 Å². The average Bonchev–Trinajstić information content (AvgIpc) is 2.37. The topological polar surface area (TPSA) is 55.8 Å². The van der Waals surface area contributed by atoms with E-state index in [1.807, 2.05) is 30.3 Å². The molecule has 4 nitrogen and oxygen atoms in total. The Morgan fingerprint density at radius 2 is 1.72 bits per heavy atom. The molecule has 0 heterocycles. The largest absolute Gasteiger partial charge is 0.380 e. The van der Waals surface area contributed by atoms with Crippen molar-refractivity contribution in [2.24, 2.45) is 0 Å². The van der Waals surface area contributed by atoms with E-state index >= 15 is 0 Å². The Balaban J connectivity index is 2.57. The predicted octanol–water partition coefficient (Wildman–Crippen LogP) is 3.20. The number of hydrogen-bond donors (Lipinski definition) is 1. The van der Waals surface area contributed by atoms with Gasteiger partial charge in [0.15, 0.2) is 5.85 Å². The lowest BCUT2D eigenvalue weighted by atomic mass is 10.1. The fraction of sp³-hybridized carbons (Fsp3) is 0.538. The zero-order valence-electron chi connectivity index (χ0n) is 10.9. The molecule has 1 atom stereocenters. The molecule has 0 unspecified atom stereocenters. The van der Waals surface area contributed by atoms with Gasteiger partial charge in [-0.1, -0.05) is 30.3 Å². The molecule has 0 amide bonds. The van der Waals surface area contributed by atoms with Gasteiger partial charge in [0, 0.05) is 0 Å². The van der Waals surface area contributed by atoms with Crippen LogP contribution in [0.4, 0.5) is 0 Å². The van der Waals surface area contributed by atoms with Crippen LogP contribution in [0.3, 0.4) is 0 Å². The van der Waals surface area contributed by atoms with Gasteiger partial charge in [-0.25, -0.2) is 0 Å². The summed E-state index contributed by atoms with van der Waals surface area (Å²) in [7, 11) is -3.39. The molecular weight excluding hydrogens is 251 g/mol. The molecule has 0 saturated carbocycles. The quantitative estimate of drug-likeness (QED) is 0.738. The summed E-state index contributed by atoms with van der Waals surface area (Å²) in [6.45, 7) is 3.99. The molecule has 0 saturated heterocycles. The maximum absolute atomic E-state index is 12.2. The van der Waals surface area contributed by atoms with Crippen molar-refractivity contribution in [3.63, 3.8) is 0 Å². The summed E-state index contributed by atoms with van der Waals surface area (Å²) in [5.41, 5.74) is 1.09. The van der Waals surface area contributed by atoms with Crippen molar-refractivity contribution < 1.29 is 18.7 Å². The van der Waals surface area contributed by atoms with E-state index in [1.54, 1.807) is 13.8 Å². The van der Waals surface area contributed by atoms with Crippen LogP contribution in [0.15, 0.2) is 30.3 Å². The van der Waals surface area contributed by atoms with Crippen LogP contribution >= 0.6 is 7.60 Å². The molecular formula is C13H21O4P. The SMILES string of the molecule is CCOP(=O)(OCC)[C@H](O)CCc1ccccc1. The van der Waals surface area contributed by atoms with Crippen molar-refractivity contribution in [1.29, 1.82) is 0 Å². The van der Waals surface area contributed by atoms with Crippen molar-refractivity contribution in [1.82, 2.24) is 0 Å². The highest BCUT2D eigenvalue weighted by molar-refractivity contribution is 7.54. The van der Waals surface area contributed by atoms with Gasteiger partial charge < -0.3 is 14.2 Å². The van der Waals surface area contributed by atoms with E-state index < -0.39 is 13.4 Å². The van der Waals surface area contributed by atoms with Crippen molar-refractivity contribution >= 4 is 7.60 Å². The Morgan fingerprint density at radius 3 is 2.22 bits per heavy atom. The number of benzene rings is 1. The molecule has 1 aromatic carbocycles. The number of rotatable bonds is 8. The Morgan fingerprint density at radius 1 is 1.17 bits per heavy atom. The molecule has 0 spiro atoms. The molecule has 1 N–H and O–H groups in total. The second-order valence-corrected chi connectivity index (χ2v) is 6.07. The van der Waals surface area contributed by atoms with Crippen LogP contribution in [0.25, 0.3) is 0 Å². The third-order valence-corrected chi connectivity index (χ3v) is 4.74. The van der Waals surface area contributed by atoms with Crippen molar-refractivity contribution in [2.75, 3.05) is 13.2 Å². The average molecular weight is 272 g/mol. The van der Waals surface area contributed by atoms with Crippen LogP contribution < -0.4 is 0 Å². The molecule has 0 bridgehead atoms. The van der Waals surface area contributed by atoms with E-state index in [4.69, 9.17) is 9.05 Å². The molecule has 1 rings (SSSR count). The van der Waals surface area contributed by atoms with E-state index in [9.17, 15) is 9.67 Å². The summed E-state index contributed by atoms with van der Waals surface area (Å²) >= 11 is 0. The first-order valence-electron chi connectivity index (χ1n) is 6.23. The van der Waals surface area contributed by atoms with Crippen LogP contribution in [0.5, 0.6) is 0 Å². The summed E-state index contributed by atoms with van der Waals surface area (Å²) in [5, 5.41) is 9.98. The van der Waals surface area contributed by atoms with Gasteiger partial charge in [-0.15, -0.1) is 0 Å². The van der Waals surface area contributed by atoms with Gasteiger partial charge in [-0.05, 0) is 32.3 Å². The lowest BCUT2D eigenvalue weighted by molar-refractivity contribution is 0.144.